The maximum absolute atomic E-state index is 12.5. The summed E-state index contributed by atoms with van der Waals surface area (Å²) in [4.78, 5) is 3.14. The smallest absolute Gasteiger partial charge is 0.405 e. The first-order chi connectivity index (χ1) is 6.42. The Hall–Kier alpha value is -1.04. The van der Waals surface area contributed by atoms with E-state index in [-0.39, 0.29) is 11.4 Å². The molecule has 1 rings (SSSR count). The molecule has 1 aromatic rings. The quantitative estimate of drug-likeness (QED) is 0.442. The molecule has 1 aromatic heterocycles. The van der Waals surface area contributed by atoms with E-state index in [1.807, 2.05) is 0 Å². The van der Waals surface area contributed by atoms with E-state index in [0.29, 0.717) is 6.07 Å². The van der Waals surface area contributed by atoms with Crippen LogP contribution in [-0.4, -0.2) is 11.3 Å². The van der Waals surface area contributed by atoms with E-state index in [1.165, 1.54) is 0 Å². The third-order valence-electron chi connectivity index (χ3n) is 1.28. The van der Waals surface area contributed by atoms with Gasteiger partial charge in [-0.15, -0.1) is 24.8 Å². The summed E-state index contributed by atoms with van der Waals surface area (Å²) in [5.41, 5.74) is -0.0228. The van der Waals surface area contributed by atoms with Crippen LogP contribution in [0.5, 0.6) is 5.75 Å². The van der Waals surface area contributed by atoms with Crippen LogP contribution in [0.2, 0.25) is 0 Å². The highest BCUT2D eigenvalue weighted by atomic mass is 35.5. The fourth-order valence-electron chi connectivity index (χ4n) is 0.761. The number of hydrogen-bond acceptors (Lipinski definition) is 2. The first-order valence-electron chi connectivity index (χ1n) is 3.38. The van der Waals surface area contributed by atoms with Crippen LogP contribution in [0.15, 0.2) is 12.3 Å². The molecule has 2 nitrogen and oxygen atoms in total. The summed E-state index contributed by atoms with van der Waals surface area (Å²) < 4.78 is 51.3. The van der Waals surface area contributed by atoms with Gasteiger partial charge in [-0.05, 0) is 0 Å². The van der Waals surface area contributed by atoms with Crippen molar-refractivity contribution in [3.8, 4) is 5.75 Å². The zero-order valence-corrected chi connectivity index (χ0v) is 7.36. The second-order valence-corrected chi connectivity index (χ2v) is 2.56. The zero-order valence-electron chi connectivity index (χ0n) is 6.61. The average molecular weight is 230 g/mol. The molecule has 0 atom stereocenters. The van der Waals surface area contributed by atoms with Gasteiger partial charge in [0.15, 0.2) is 0 Å². The summed E-state index contributed by atoms with van der Waals surface area (Å²) in [5.74, 6) is -1.96. The van der Waals surface area contributed by atoms with Crippen molar-refractivity contribution in [1.29, 1.82) is 0 Å². The lowest BCUT2D eigenvalue weighted by Crippen LogP contribution is -2.18. The van der Waals surface area contributed by atoms with E-state index in [9.17, 15) is 17.6 Å². The Labute approximate surface area is 81.5 Å². The van der Waals surface area contributed by atoms with Gasteiger partial charge in [0, 0.05) is 17.8 Å². The highest BCUT2D eigenvalue weighted by Gasteiger charge is 2.32. The van der Waals surface area contributed by atoms with Gasteiger partial charge in [0.25, 0.3) is 0 Å². The van der Waals surface area contributed by atoms with Crippen molar-refractivity contribution in [2.45, 2.75) is 12.2 Å². The van der Waals surface area contributed by atoms with Crippen LogP contribution in [0.25, 0.3) is 0 Å². The Kier molecular flexibility index (Phi) is 3.15. The van der Waals surface area contributed by atoms with Gasteiger partial charge in [-0.2, -0.15) is 4.39 Å². The topological polar surface area (TPSA) is 22.1 Å². The minimum Gasteiger partial charge on any atom is -0.405 e. The Morgan fingerprint density at radius 3 is 2.57 bits per heavy atom. The number of pyridine rings is 1. The molecule has 0 aliphatic heterocycles. The van der Waals surface area contributed by atoms with Gasteiger partial charge in [-0.25, -0.2) is 4.98 Å². The summed E-state index contributed by atoms with van der Waals surface area (Å²) in [6, 6.07) is 0.533. The lowest BCUT2D eigenvalue weighted by molar-refractivity contribution is -0.274. The number of hydrogen-bond donors (Lipinski definition) is 0. The van der Waals surface area contributed by atoms with Crippen molar-refractivity contribution < 1.29 is 22.3 Å². The van der Waals surface area contributed by atoms with Gasteiger partial charge in [0.05, 0.1) is 5.88 Å². The predicted octanol–water partition coefficient (Wildman–Crippen LogP) is 2.86. The number of halogens is 5. The van der Waals surface area contributed by atoms with Gasteiger partial charge in [-0.3, -0.25) is 0 Å². The van der Waals surface area contributed by atoms with Crippen molar-refractivity contribution in [3.05, 3.63) is 23.8 Å². The third-order valence-corrected chi connectivity index (χ3v) is 1.57. The van der Waals surface area contributed by atoms with Gasteiger partial charge >= 0.3 is 6.36 Å². The molecule has 0 N–H and O–H groups in total. The van der Waals surface area contributed by atoms with Gasteiger partial charge in [0.2, 0.25) is 5.95 Å². The molecule has 0 saturated heterocycles. The minimum absolute atomic E-state index is 0.0228. The Balaban J connectivity index is 2.99. The van der Waals surface area contributed by atoms with E-state index >= 15 is 0 Å². The first kappa shape index (κ1) is 11.0. The Morgan fingerprint density at radius 1 is 1.43 bits per heavy atom. The lowest BCUT2D eigenvalue weighted by atomic mass is 10.3. The first-order valence-corrected chi connectivity index (χ1v) is 3.92. The molecule has 78 valence electrons. The van der Waals surface area contributed by atoms with Crippen LogP contribution in [0.3, 0.4) is 0 Å². The highest BCUT2D eigenvalue weighted by Crippen LogP contribution is 2.27. The van der Waals surface area contributed by atoms with Crippen LogP contribution >= 0.6 is 11.6 Å². The summed E-state index contributed by atoms with van der Waals surface area (Å²) >= 11 is 5.30. The number of alkyl halides is 4. The standard InChI is InChI=1S/C7H4ClF4NO/c8-2-4-3-13-6(9)1-5(4)14-7(10,11)12/h1,3H,2H2. The van der Waals surface area contributed by atoms with Crippen LogP contribution in [-0.2, 0) is 5.88 Å². The molecule has 14 heavy (non-hydrogen) atoms. The number of rotatable bonds is 2. The van der Waals surface area contributed by atoms with Gasteiger partial charge < -0.3 is 4.74 Å². The molecule has 0 saturated carbocycles. The Bertz CT molecular complexity index is 328. The van der Waals surface area contributed by atoms with Crippen LogP contribution in [0.1, 0.15) is 5.56 Å². The fourth-order valence-corrected chi connectivity index (χ4v) is 0.962. The molecule has 1 heterocycles. The third kappa shape index (κ3) is 3.02. The molecule has 7 heteroatoms. The second-order valence-electron chi connectivity index (χ2n) is 2.30. The molecule has 0 unspecified atom stereocenters. The van der Waals surface area contributed by atoms with Gasteiger partial charge in [-0.1, -0.05) is 0 Å². The fraction of sp³-hybridized carbons (Fsp3) is 0.286. The van der Waals surface area contributed by atoms with Crippen LogP contribution < -0.4 is 4.74 Å². The second kappa shape index (κ2) is 4.00. The van der Waals surface area contributed by atoms with E-state index in [2.05, 4.69) is 9.72 Å². The normalized spacial score (nSPS) is 11.5. The molecule has 0 aliphatic carbocycles. The maximum Gasteiger partial charge on any atom is 0.573 e. The number of aromatic nitrogens is 1. The average Bonchev–Trinajstić information content (AvgIpc) is 2.01. The lowest BCUT2D eigenvalue weighted by Gasteiger charge is -2.11. The van der Waals surface area contributed by atoms with Crippen molar-refractivity contribution in [1.82, 2.24) is 4.98 Å². The van der Waals surface area contributed by atoms with E-state index in [1.54, 1.807) is 0 Å². The van der Waals surface area contributed by atoms with Gasteiger partial charge in [0.1, 0.15) is 5.75 Å². The molecule has 0 radical (unpaired) electrons. The molecule has 0 amide bonds. The zero-order chi connectivity index (χ0) is 10.8. The SMILES string of the molecule is Fc1cc(OC(F)(F)F)c(CCl)cn1. The van der Waals surface area contributed by atoms with E-state index in [4.69, 9.17) is 11.6 Å². The van der Waals surface area contributed by atoms with Crippen molar-refractivity contribution >= 4 is 11.6 Å². The predicted molar refractivity (Wildman–Crippen MR) is 40.4 cm³/mol. The largest absolute Gasteiger partial charge is 0.573 e. The molecule has 0 fully saturated rings. The Morgan fingerprint density at radius 2 is 2.07 bits per heavy atom. The van der Waals surface area contributed by atoms with Crippen molar-refractivity contribution in [2.75, 3.05) is 0 Å². The van der Waals surface area contributed by atoms with Crippen LogP contribution in [0.4, 0.5) is 17.6 Å². The molecular weight excluding hydrogens is 226 g/mol. The van der Waals surface area contributed by atoms with E-state index < -0.39 is 18.1 Å². The van der Waals surface area contributed by atoms with E-state index in [0.717, 1.165) is 6.20 Å². The molecular formula is C7H4ClF4NO. The highest BCUT2D eigenvalue weighted by molar-refractivity contribution is 6.17. The number of ether oxygens (including phenoxy) is 1. The monoisotopic (exact) mass is 229 g/mol. The summed E-state index contributed by atoms with van der Waals surface area (Å²) in [7, 11) is 0. The van der Waals surface area contributed by atoms with Crippen molar-refractivity contribution in [3.63, 3.8) is 0 Å². The minimum atomic E-state index is -4.87. The summed E-state index contributed by atoms with van der Waals surface area (Å²) in [6.45, 7) is 0. The summed E-state index contributed by atoms with van der Waals surface area (Å²) in [5, 5.41) is 0. The van der Waals surface area contributed by atoms with Crippen molar-refractivity contribution in [2.24, 2.45) is 0 Å². The number of nitrogens with zero attached hydrogens (tertiary/aromatic N) is 1. The molecule has 0 aromatic carbocycles. The molecule has 0 bridgehead atoms. The van der Waals surface area contributed by atoms with Crippen LogP contribution in [0, 0.1) is 5.95 Å². The molecule has 0 spiro atoms. The summed E-state index contributed by atoms with van der Waals surface area (Å²) in [6.07, 6.45) is -3.97. The maximum atomic E-state index is 12.5. The molecule has 0 aliphatic rings.